The number of fused-ring (bicyclic) bond motifs is 6. The number of rotatable bonds is 0. The third-order valence-electron chi connectivity index (χ3n) is 2.58. The van der Waals surface area contributed by atoms with Crippen LogP contribution in [0.25, 0.3) is 0 Å². The molecule has 80 valence electrons. The first-order chi connectivity index (χ1) is 6.63. The highest BCUT2D eigenvalue weighted by atomic mass is 16.7. The molecule has 3 aliphatic heterocycles. The second-order valence-electron chi connectivity index (χ2n) is 4.35. The van der Waals surface area contributed by atoms with E-state index in [1.807, 2.05) is 0 Å². The molecule has 0 radical (unpaired) electrons. The minimum Gasteiger partial charge on any atom is -0.382 e. The van der Waals surface area contributed by atoms with Crippen LogP contribution in [0.5, 0.6) is 0 Å². The van der Waals surface area contributed by atoms with E-state index in [-0.39, 0.29) is 18.3 Å². The van der Waals surface area contributed by atoms with Gasteiger partial charge in [0.2, 0.25) is 0 Å². The Hall–Kier alpha value is -0.0951. The summed E-state index contributed by atoms with van der Waals surface area (Å²) in [6.45, 7) is 9.07. The van der Waals surface area contributed by atoms with Gasteiger partial charge in [0, 0.05) is 19.6 Å². The van der Waals surface area contributed by atoms with Gasteiger partial charge in [0.1, 0.15) is 0 Å². The Bertz CT molecular complexity index is 153. The van der Waals surface area contributed by atoms with Crippen LogP contribution in [0.3, 0.4) is 0 Å². The predicted octanol–water partition coefficient (Wildman–Crippen LogP) is 0.516. The van der Waals surface area contributed by atoms with Crippen LogP contribution in [0, 0.1) is 0 Å². The quantitative estimate of drug-likeness (QED) is 0.532. The average molecular weight is 199 g/mol. The zero-order valence-corrected chi connectivity index (χ0v) is 9.10. The van der Waals surface area contributed by atoms with Crippen molar-refractivity contribution >= 4 is 7.32 Å². The standard InChI is InChI=1S/C9H18BNO3/c1-7-4-11-5-8(2)13-10(12-7)14-9(3)6-11/h7-9H,4-6H2,1-3H3/t7-,8-,9?/m0/s1. The van der Waals surface area contributed by atoms with E-state index in [0.717, 1.165) is 19.6 Å². The SMILES string of the molecule is CC1CN2C[C@H](C)OB(O1)O[C@@H](C)C2. The maximum Gasteiger partial charge on any atom is 0.640 e. The van der Waals surface area contributed by atoms with Crippen molar-refractivity contribution in [1.29, 1.82) is 0 Å². The van der Waals surface area contributed by atoms with Crippen molar-refractivity contribution in [3.05, 3.63) is 0 Å². The summed E-state index contributed by atoms with van der Waals surface area (Å²) >= 11 is 0. The van der Waals surface area contributed by atoms with E-state index in [0.29, 0.717) is 0 Å². The first-order valence-corrected chi connectivity index (χ1v) is 5.32. The third kappa shape index (κ3) is 2.48. The normalized spacial score (nSPS) is 44.4. The molecule has 0 amide bonds. The van der Waals surface area contributed by atoms with E-state index in [9.17, 15) is 0 Å². The van der Waals surface area contributed by atoms with Crippen LogP contribution < -0.4 is 0 Å². The molecule has 1 unspecified atom stereocenters. The van der Waals surface area contributed by atoms with E-state index < -0.39 is 7.32 Å². The van der Waals surface area contributed by atoms with E-state index >= 15 is 0 Å². The molecule has 3 atom stereocenters. The highest BCUT2D eigenvalue weighted by Crippen LogP contribution is 2.16. The van der Waals surface area contributed by atoms with Crippen LogP contribution in [0.4, 0.5) is 0 Å². The molecule has 3 rings (SSSR count). The Morgan fingerprint density at radius 1 is 0.857 bits per heavy atom. The molecule has 0 aromatic heterocycles. The van der Waals surface area contributed by atoms with Gasteiger partial charge in [0.15, 0.2) is 0 Å². The van der Waals surface area contributed by atoms with Crippen LogP contribution in [0.1, 0.15) is 20.8 Å². The summed E-state index contributed by atoms with van der Waals surface area (Å²) < 4.78 is 16.9. The smallest absolute Gasteiger partial charge is 0.382 e. The number of hydrogen-bond donors (Lipinski definition) is 0. The lowest BCUT2D eigenvalue weighted by molar-refractivity contribution is -0.0583. The third-order valence-corrected chi connectivity index (χ3v) is 2.58. The summed E-state index contributed by atoms with van der Waals surface area (Å²) in [5.74, 6) is 0. The maximum atomic E-state index is 5.62. The summed E-state index contributed by atoms with van der Waals surface area (Å²) in [4.78, 5) is 2.34. The minimum atomic E-state index is -0.475. The van der Waals surface area contributed by atoms with Crippen LogP contribution in [-0.2, 0) is 14.0 Å². The topological polar surface area (TPSA) is 30.9 Å². The second kappa shape index (κ2) is 4.19. The highest BCUT2D eigenvalue weighted by Gasteiger charge is 2.36. The Morgan fingerprint density at radius 3 is 1.57 bits per heavy atom. The molecular formula is C9H18BNO3. The van der Waals surface area contributed by atoms with Crippen molar-refractivity contribution in [2.75, 3.05) is 19.6 Å². The molecule has 0 aromatic carbocycles. The van der Waals surface area contributed by atoms with Gasteiger partial charge < -0.3 is 14.0 Å². The molecule has 0 N–H and O–H groups in total. The molecule has 3 saturated heterocycles. The van der Waals surface area contributed by atoms with E-state index in [1.54, 1.807) is 0 Å². The average Bonchev–Trinajstić information content (AvgIpc) is 1.96. The molecule has 0 aromatic rings. The predicted molar refractivity (Wildman–Crippen MR) is 53.8 cm³/mol. The molecular weight excluding hydrogens is 181 g/mol. The number of nitrogens with zero attached hydrogens (tertiary/aromatic N) is 1. The van der Waals surface area contributed by atoms with Gasteiger partial charge in [-0.05, 0) is 20.8 Å². The molecule has 0 aliphatic carbocycles. The zero-order valence-electron chi connectivity index (χ0n) is 9.10. The maximum absolute atomic E-state index is 5.62. The van der Waals surface area contributed by atoms with Gasteiger partial charge >= 0.3 is 7.32 Å². The van der Waals surface area contributed by atoms with Crippen molar-refractivity contribution < 1.29 is 14.0 Å². The molecule has 3 heterocycles. The van der Waals surface area contributed by atoms with Crippen molar-refractivity contribution in [2.45, 2.75) is 39.1 Å². The lowest BCUT2D eigenvalue weighted by Crippen LogP contribution is -2.53. The van der Waals surface area contributed by atoms with Crippen molar-refractivity contribution in [2.24, 2.45) is 0 Å². The van der Waals surface area contributed by atoms with Gasteiger partial charge in [-0.1, -0.05) is 0 Å². The Balaban J connectivity index is 2.10. The van der Waals surface area contributed by atoms with Crippen LogP contribution >= 0.6 is 0 Å². The molecule has 3 aliphatic rings. The summed E-state index contributed by atoms with van der Waals surface area (Å²) in [5.41, 5.74) is 0. The summed E-state index contributed by atoms with van der Waals surface area (Å²) in [6.07, 6.45) is 0.542. The summed E-state index contributed by atoms with van der Waals surface area (Å²) in [6, 6.07) is 0. The second-order valence-corrected chi connectivity index (χ2v) is 4.35. The largest absolute Gasteiger partial charge is 0.640 e. The fourth-order valence-corrected chi connectivity index (χ4v) is 2.11. The van der Waals surface area contributed by atoms with Crippen LogP contribution in [0.2, 0.25) is 0 Å². The van der Waals surface area contributed by atoms with Gasteiger partial charge in [-0.15, -0.1) is 0 Å². The minimum absolute atomic E-state index is 0.181. The fourth-order valence-electron chi connectivity index (χ4n) is 2.11. The van der Waals surface area contributed by atoms with E-state index in [2.05, 4.69) is 25.7 Å². The van der Waals surface area contributed by atoms with Gasteiger partial charge in [0.05, 0.1) is 18.3 Å². The van der Waals surface area contributed by atoms with Crippen molar-refractivity contribution in [1.82, 2.24) is 4.90 Å². The van der Waals surface area contributed by atoms with Gasteiger partial charge in [-0.3, -0.25) is 4.90 Å². The van der Waals surface area contributed by atoms with Gasteiger partial charge in [-0.25, -0.2) is 0 Å². The van der Waals surface area contributed by atoms with E-state index in [1.165, 1.54) is 0 Å². The Morgan fingerprint density at radius 2 is 1.21 bits per heavy atom. The van der Waals surface area contributed by atoms with Crippen molar-refractivity contribution in [3.8, 4) is 0 Å². The van der Waals surface area contributed by atoms with Gasteiger partial charge in [0.25, 0.3) is 0 Å². The first kappa shape index (κ1) is 10.4. The summed E-state index contributed by atoms with van der Waals surface area (Å²) in [7, 11) is -0.475. The first-order valence-electron chi connectivity index (χ1n) is 5.32. The fraction of sp³-hybridized carbons (Fsp3) is 1.00. The lowest BCUT2D eigenvalue weighted by Gasteiger charge is -2.38. The van der Waals surface area contributed by atoms with E-state index in [4.69, 9.17) is 14.0 Å². The molecule has 4 nitrogen and oxygen atoms in total. The highest BCUT2D eigenvalue weighted by molar-refractivity contribution is 6.36. The molecule has 0 saturated carbocycles. The monoisotopic (exact) mass is 199 g/mol. The van der Waals surface area contributed by atoms with Crippen LogP contribution in [0.15, 0.2) is 0 Å². The zero-order chi connectivity index (χ0) is 10.1. The molecule has 14 heavy (non-hydrogen) atoms. The number of hydrogen-bond acceptors (Lipinski definition) is 4. The molecule has 2 bridgehead atoms. The van der Waals surface area contributed by atoms with Crippen molar-refractivity contribution in [3.63, 3.8) is 0 Å². The summed E-state index contributed by atoms with van der Waals surface area (Å²) in [5, 5.41) is 0. The lowest BCUT2D eigenvalue weighted by atomic mass is 10.1. The molecule has 5 heteroatoms. The Kier molecular flexibility index (Phi) is 3.12. The van der Waals surface area contributed by atoms with Gasteiger partial charge in [-0.2, -0.15) is 0 Å². The van der Waals surface area contributed by atoms with Crippen LogP contribution in [-0.4, -0.2) is 50.2 Å². The molecule has 3 fully saturated rings. The Labute approximate surface area is 85.7 Å². The molecule has 0 spiro atoms.